The molecule has 2 rings (SSSR count). The van der Waals surface area contributed by atoms with Crippen LogP contribution in [0.2, 0.25) is 0 Å². The zero-order valence-electron chi connectivity index (χ0n) is 10.9. The Morgan fingerprint density at radius 2 is 1.75 bits per heavy atom. The van der Waals surface area contributed by atoms with E-state index >= 15 is 0 Å². The summed E-state index contributed by atoms with van der Waals surface area (Å²) >= 11 is 0. The molecule has 0 spiro atoms. The monoisotopic (exact) mass is 224 g/mol. The topological polar surface area (TPSA) is 15.3 Å². The number of hydrogen-bond donors (Lipinski definition) is 1. The molecule has 1 aliphatic heterocycles. The summed E-state index contributed by atoms with van der Waals surface area (Å²) in [5, 5.41) is 3.70. The van der Waals surface area contributed by atoms with Gasteiger partial charge in [0, 0.05) is 6.04 Å². The summed E-state index contributed by atoms with van der Waals surface area (Å²) in [5.41, 5.74) is 0. The van der Waals surface area contributed by atoms with E-state index in [2.05, 4.69) is 17.1 Å². The van der Waals surface area contributed by atoms with Crippen molar-refractivity contribution in [2.75, 3.05) is 26.2 Å². The second-order valence-electron chi connectivity index (χ2n) is 5.81. The largest absolute Gasteiger partial charge is 0.314 e. The van der Waals surface area contributed by atoms with Gasteiger partial charge in [-0.1, -0.05) is 19.8 Å². The Kier molecular flexibility index (Phi) is 5.11. The van der Waals surface area contributed by atoms with Gasteiger partial charge in [-0.05, 0) is 64.2 Å². The van der Waals surface area contributed by atoms with Gasteiger partial charge >= 0.3 is 0 Å². The van der Waals surface area contributed by atoms with Crippen LogP contribution in [0.1, 0.15) is 51.9 Å². The van der Waals surface area contributed by atoms with E-state index in [0.29, 0.717) is 0 Å². The van der Waals surface area contributed by atoms with Crippen LogP contribution in [-0.4, -0.2) is 37.1 Å². The SMILES string of the molecule is CC1CCN(CCCNC2CCCC2)CC1. The molecule has 1 aliphatic carbocycles. The van der Waals surface area contributed by atoms with Crippen molar-refractivity contribution in [3.8, 4) is 0 Å². The summed E-state index contributed by atoms with van der Waals surface area (Å²) in [7, 11) is 0. The number of piperidine rings is 1. The summed E-state index contributed by atoms with van der Waals surface area (Å²) in [4.78, 5) is 2.65. The first-order valence-electron chi connectivity index (χ1n) is 7.30. The molecule has 16 heavy (non-hydrogen) atoms. The van der Waals surface area contributed by atoms with Gasteiger partial charge in [-0.15, -0.1) is 0 Å². The van der Waals surface area contributed by atoms with E-state index in [1.54, 1.807) is 0 Å². The second kappa shape index (κ2) is 6.61. The molecule has 2 fully saturated rings. The van der Waals surface area contributed by atoms with Crippen LogP contribution in [0.4, 0.5) is 0 Å². The molecule has 0 radical (unpaired) electrons. The van der Waals surface area contributed by atoms with Crippen LogP contribution in [0.3, 0.4) is 0 Å². The predicted molar refractivity (Wildman–Crippen MR) is 69.7 cm³/mol. The Hall–Kier alpha value is -0.0800. The third kappa shape index (κ3) is 4.06. The van der Waals surface area contributed by atoms with Crippen molar-refractivity contribution in [3.05, 3.63) is 0 Å². The fourth-order valence-electron chi connectivity index (χ4n) is 3.02. The first-order chi connectivity index (χ1) is 7.84. The molecule has 1 N–H and O–H groups in total. The van der Waals surface area contributed by atoms with Gasteiger partial charge in [0.05, 0.1) is 0 Å². The van der Waals surface area contributed by atoms with Crippen LogP contribution in [0.15, 0.2) is 0 Å². The Morgan fingerprint density at radius 3 is 2.44 bits per heavy atom. The van der Waals surface area contributed by atoms with Crippen molar-refractivity contribution in [2.45, 2.75) is 57.9 Å². The second-order valence-corrected chi connectivity index (χ2v) is 5.81. The van der Waals surface area contributed by atoms with Crippen LogP contribution >= 0.6 is 0 Å². The van der Waals surface area contributed by atoms with E-state index in [1.165, 1.54) is 71.1 Å². The zero-order valence-corrected chi connectivity index (χ0v) is 10.9. The highest BCUT2D eigenvalue weighted by Gasteiger charge is 2.16. The lowest BCUT2D eigenvalue weighted by molar-refractivity contribution is 0.190. The molecule has 0 aromatic heterocycles. The van der Waals surface area contributed by atoms with Gasteiger partial charge in [0.15, 0.2) is 0 Å². The molecule has 0 atom stereocenters. The third-order valence-corrected chi connectivity index (χ3v) is 4.32. The van der Waals surface area contributed by atoms with Crippen molar-refractivity contribution in [3.63, 3.8) is 0 Å². The molecule has 1 saturated carbocycles. The van der Waals surface area contributed by atoms with E-state index in [4.69, 9.17) is 0 Å². The molecule has 0 unspecified atom stereocenters. The van der Waals surface area contributed by atoms with E-state index in [0.717, 1.165) is 12.0 Å². The lowest BCUT2D eigenvalue weighted by Crippen LogP contribution is -2.35. The zero-order chi connectivity index (χ0) is 11.2. The molecule has 0 aromatic carbocycles. The van der Waals surface area contributed by atoms with Crippen LogP contribution < -0.4 is 5.32 Å². The highest BCUT2D eigenvalue weighted by molar-refractivity contribution is 4.74. The Bertz CT molecular complexity index is 179. The van der Waals surface area contributed by atoms with Gasteiger partial charge < -0.3 is 10.2 Å². The van der Waals surface area contributed by atoms with Crippen LogP contribution in [0.25, 0.3) is 0 Å². The van der Waals surface area contributed by atoms with Gasteiger partial charge in [0.1, 0.15) is 0 Å². The summed E-state index contributed by atoms with van der Waals surface area (Å²) in [6.07, 6.45) is 9.89. The summed E-state index contributed by atoms with van der Waals surface area (Å²) in [6.45, 7) is 7.61. The molecular formula is C14H28N2. The van der Waals surface area contributed by atoms with Crippen molar-refractivity contribution >= 4 is 0 Å². The summed E-state index contributed by atoms with van der Waals surface area (Å²) in [5.74, 6) is 0.966. The number of nitrogens with zero attached hydrogens (tertiary/aromatic N) is 1. The van der Waals surface area contributed by atoms with Gasteiger partial charge in [-0.3, -0.25) is 0 Å². The minimum absolute atomic E-state index is 0.848. The lowest BCUT2D eigenvalue weighted by Gasteiger charge is -2.30. The minimum Gasteiger partial charge on any atom is -0.314 e. The molecule has 2 aliphatic rings. The molecule has 94 valence electrons. The summed E-state index contributed by atoms with van der Waals surface area (Å²) in [6, 6.07) is 0.848. The normalized spacial score (nSPS) is 25.3. The molecule has 0 aromatic rings. The number of rotatable bonds is 5. The van der Waals surface area contributed by atoms with Crippen LogP contribution in [0.5, 0.6) is 0 Å². The van der Waals surface area contributed by atoms with Gasteiger partial charge in [0.25, 0.3) is 0 Å². The fourth-order valence-corrected chi connectivity index (χ4v) is 3.02. The Balaban J connectivity index is 1.48. The first-order valence-corrected chi connectivity index (χ1v) is 7.30. The minimum atomic E-state index is 0.848. The average molecular weight is 224 g/mol. The molecule has 0 bridgehead atoms. The van der Waals surface area contributed by atoms with Crippen molar-refractivity contribution in [1.82, 2.24) is 10.2 Å². The predicted octanol–water partition coefficient (Wildman–Crippen LogP) is 2.64. The Labute approximate surface area is 101 Å². The van der Waals surface area contributed by atoms with Crippen LogP contribution in [0, 0.1) is 5.92 Å². The Morgan fingerprint density at radius 1 is 1.06 bits per heavy atom. The highest BCUT2D eigenvalue weighted by atomic mass is 15.1. The number of likely N-dealkylation sites (tertiary alicyclic amines) is 1. The summed E-state index contributed by atoms with van der Waals surface area (Å²) < 4.78 is 0. The van der Waals surface area contributed by atoms with Crippen molar-refractivity contribution < 1.29 is 0 Å². The highest BCUT2D eigenvalue weighted by Crippen LogP contribution is 2.18. The molecular weight excluding hydrogens is 196 g/mol. The van der Waals surface area contributed by atoms with E-state index in [9.17, 15) is 0 Å². The van der Waals surface area contributed by atoms with E-state index in [-0.39, 0.29) is 0 Å². The van der Waals surface area contributed by atoms with Crippen LogP contribution in [-0.2, 0) is 0 Å². The molecule has 0 amide bonds. The molecule has 1 heterocycles. The maximum Gasteiger partial charge on any atom is 0.00670 e. The molecule has 1 saturated heterocycles. The lowest BCUT2D eigenvalue weighted by atomic mass is 9.99. The average Bonchev–Trinajstić information content (AvgIpc) is 2.80. The number of nitrogens with one attached hydrogen (secondary N) is 1. The van der Waals surface area contributed by atoms with Gasteiger partial charge in [-0.25, -0.2) is 0 Å². The third-order valence-electron chi connectivity index (χ3n) is 4.32. The van der Waals surface area contributed by atoms with Crippen molar-refractivity contribution in [1.29, 1.82) is 0 Å². The fraction of sp³-hybridized carbons (Fsp3) is 1.00. The quantitative estimate of drug-likeness (QED) is 0.722. The first kappa shape index (κ1) is 12.4. The van der Waals surface area contributed by atoms with Gasteiger partial charge in [0.2, 0.25) is 0 Å². The van der Waals surface area contributed by atoms with Crippen molar-refractivity contribution in [2.24, 2.45) is 5.92 Å². The molecule has 2 nitrogen and oxygen atoms in total. The standard InChI is InChI=1S/C14H28N2/c1-13-7-11-16(12-8-13)10-4-9-15-14-5-2-3-6-14/h13-15H,2-12H2,1H3. The smallest absolute Gasteiger partial charge is 0.00670 e. The molecule has 2 heteroatoms. The van der Waals surface area contributed by atoms with E-state index in [1.807, 2.05) is 0 Å². The maximum atomic E-state index is 3.70. The maximum absolute atomic E-state index is 3.70. The number of hydrogen-bond acceptors (Lipinski definition) is 2. The van der Waals surface area contributed by atoms with Gasteiger partial charge in [-0.2, -0.15) is 0 Å². The van der Waals surface area contributed by atoms with E-state index < -0.39 is 0 Å².